The summed E-state index contributed by atoms with van der Waals surface area (Å²) in [7, 11) is 0. The Morgan fingerprint density at radius 3 is 2.37 bits per heavy atom. The summed E-state index contributed by atoms with van der Waals surface area (Å²) >= 11 is 6.01. The highest BCUT2D eigenvalue weighted by Crippen LogP contribution is 2.23. The molecular weight excluding hydrogens is 389 g/mol. The zero-order valence-electron chi connectivity index (χ0n) is 15.1. The maximum Gasteiger partial charge on any atom is 0.322 e. The minimum atomic E-state index is -1.01. The van der Waals surface area contributed by atoms with Gasteiger partial charge in [-0.15, -0.1) is 12.4 Å². The minimum absolute atomic E-state index is 0. The van der Waals surface area contributed by atoms with E-state index in [1.165, 1.54) is 0 Å². The number of rotatable bonds is 8. The highest BCUT2D eigenvalue weighted by molar-refractivity contribution is 6.30. The first-order chi connectivity index (χ1) is 12.4. The van der Waals surface area contributed by atoms with Gasteiger partial charge in [0.05, 0.1) is 6.61 Å². The van der Waals surface area contributed by atoms with E-state index < -0.39 is 24.0 Å². The third kappa shape index (κ3) is 6.86. The lowest BCUT2D eigenvalue weighted by atomic mass is 10.0. The molecule has 2 atom stereocenters. The first kappa shape index (κ1) is 23.0. The summed E-state index contributed by atoms with van der Waals surface area (Å²) in [6, 6.07) is 13.6. The minimum Gasteiger partial charge on any atom is -0.480 e. The third-order valence-corrected chi connectivity index (χ3v) is 4.18. The van der Waals surface area contributed by atoms with Crippen LogP contribution in [0.5, 0.6) is 0 Å². The summed E-state index contributed by atoms with van der Waals surface area (Å²) in [5.74, 6) is -1.48. The Hall–Kier alpha value is -2.08. The van der Waals surface area contributed by atoms with Gasteiger partial charge < -0.3 is 9.84 Å². The van der Waals surface area contributed by atoms with Crippen LogP contribution >= 0.6 is 24.0 Å². The average molecular weight is 412 g/mol. The number of carboxylic acids is 1. The molecule has 0 unspecified atom stereocenters. The lowest BCUT2D eigenvalue weighted by molar-refractivity contribution is -0.146. The summed E-state index contributed by atoms with van der Waals surface area (Å²) in [6.07, 6.45) is 0.259. The molecule has 7 heteroatoms. The van der Waals surface area contributed by atoms with Gasteiger partial charge in [0.15, 0.2) is 0 Å². The Labute approximate surface area is 170 Å². The molecule has 2 N–H and O–H groups in total. The fourth-order valence-corrected chi connectivity index (χ4v) is 2.78. The molecule has 0 amide bonds. The molecule has 0 aliphatic heterocycles. The van der Waals surface area contributed by atoms with Crippen molar-refractivity contribution in [2.24, 2.45) is 0 Å². The fourth-order valence-electron chi connectivity index (χ4n) is 2.59. The highest BCUT2D eigenvalue weighted by atomic mass is 35.5. The molecule has 0 fully saturated rings. The van der Waals surface area contributed by atoms with Crippen molar-refractivity contribution in [3.8, 4) is 11.1 Å². The van der Waals surface area contributed by atoms with Crippen LogP contribution in [0.1, 0.15) is 19.4 Å². The second kappa shape index (κ2) is 10.9. The van der Waals surface area contributed by atoms with Gasteiger partial charge in [0, 0.05) is 5.02 Å². The molecule has 0 radical (unpaired) electrons. The van der Waals surface area contributed by atoms with Gasteiger partial charge in [0.25, 0.3) is 0 Å². The van der Waals surface area contributed by atoms with Crippen molar-refractivity contribution < 1.29 is 19.4 Å². The highest BCUT2D eigenvalue weighted by Gasteiger charge is 2.24. The first-order valence-corrected chi connectivity index (χ1v) is 8.79. The van der Waals surface area contributed by atoms with E-state index in [2.05, 4.69) is 5.32 Å². The van der Waals surface area contributed by atoms with E-state index >= 15 is 0 Å². The number of halogens is 2. The van der Waals surface area contributed by atoms with Crippen LogP contribution in [0.15, 0.2) is 48.5 Å². The van der Waals surface area contributed by atoms with Gasteiger partial charge in [-0.3, -0.25) is 14.9 Å². The number of esters is 1. The van der Waals surface area contributed by atoms with Crippen LogP contribution in [0.2, 0.25) is 5.02 Å². The summed E-state index contributed by atoms with van der Waals surface area (Å²) in [6.45, 7) is 3.56. The molecule has 5 nitrogen and oxygen atoms in total. The maximum absolute atomic E-state index is 11.7. The number of carboxylic acid groups (broad SMARTS) is 1. The Balaban J connectivity index is 0.00000364. The van der Waals surface area contributed by atoms with Crippen LogP contribution in [-0.2, 0) is 20.7 Å². The zero-order chi connectivity index (χ0) is 19.1. The smallest absolute Gasteiger partial charge is 0.322 e. The normalized spacial score (nSPS) is 12.6. The van der Waals surface area contributed by atoms with Crippen molar-refractivity contribution in [3.05, 3.63) is 59.1 Å². The van der Waals surface area contributed by atoms with Gasteiger partial charge in [0.2, 0.25) is 0 Å². The first-order valence-electron chi connectivity index (χ1n) is 8.41. The molecule has 2 rings (SSSR count). The molecule has 27 heavy (non-hydrogen) atoms. The molecule has 0 aliphatic rings. The Morgan fingerprint density at radius 1 is 1.15 bits per heavy atom. The molecule has 2 aromatic rings. The van der Waals surface area contributed by atoms with E-state index in [4.69, 9.17) is 16.3 Å². The van der Waals surface area contributed by atoms with Crippen molar-refractivity contribution in [1.29, 1.82) is 0 Å². The molecule has 0 aliphatic carbocycles. The fraction of sp³-hybridized carbons (Fsp3) is 0.300. The van der Waals surface area contributed by atoms with Crippen LogP contribution in [0.3, 0.4) is 0 Å². The van der Waals surface area contributed by atoms with Crippen molar-refractivity contribution in [2.45, 2.75) is 32.4 Å². The second-order valence-corrected chi connectivity index (χ2v) is 6.38. The predicted molar refractivity (Wildman–Crippen MR) is 108 cm³/mol. The van der Waals surface area contributed by atoms with Gasteiger partial charge in [-0.05, 0) is 49.1 Å². The van der Waals surface area contributed by atoms with Crippen molar-refractivity contribution in [2.75, 3.05) is 6.61 Å². The van der Waals surface area contributed by atoms with E-state index in [-0.39, 0.29) is 25.4 Å². The van der Waals surface area contributed by atoms with Crippen molar-refractivity contribution in [3.63, 3.8) is 0 Å². The number of hydrogen-bond acceptors (Lipinski definition) is 4. The largest absolute Gasteiger partial charge is 0.480 e. The van der Waals surface area contributed by atoms with Gasteiger partial charge in [-0.2, -0.15) is 0 Å². The number of nitrogens with one attached hydrogen (secondary N) is 1. The van der Waals surface area contributed by atoms with E-state index in [0.29, 0.717) is 5.02 Å². The third-order valence-electron chi connectivity index (χ3n) is 3.94. The number of hydrogen-bond donors (Lipinski definition) is 2. The van der Waals surface area contributed by atoms with Crippen LogP contribution < -0.4 is 5.32 Å². The van der Waals surface area contributed by atoms with Gasteiger partial charge in [-0.25, -0.2) is 0 Å². The monoisotopic (exact) mass is 411 g/mol. The van der Waals surface area contributed by atoms with Crippen LogP contribution in [0, 0.1) is 0 Å². The van der Waals surface area contributed by atoms with E-state index in [1.54, 1.807) is 13.8 Å². The van der Waals surface area contributed by atoms with Crippen LogP contribution in [-0.4, -0.2) is 35.7 Å². The van der Waals surface area contributed by atoms with E-state index in [1.807, 2.05) is 48.5 Å². The average Bonchev–Trinajstić information content (AvgIpc) is 2.61. The second-order valence-electron chi connectivity index (χ2n) is 5.94. The Kier molecular flexibility index (Phi) is 9.29. The molecule has 0 saturated heterocycles. The van der Waals surface area contributed by atoms with Crippen molar-refractivity contribution >= 4 is 35.9 Å². The number of aliphatic carboxylic acids is 1. The molecular formula is C20H23Cl2NO4. The predicted octanol–water partition coefficient (Wildman–Crippen LogP) is 3.97. The molecule has 0 aromatic heterocycles. The van der Waals surface area contributed by atoms with Gasteiger partial charge in [0.1, 0.15) is 12.1 Å². The molecule has 0 spiro atoms. The Bertz CT molecular complexity index is 765. The van der Waals surface area contributed by atoms with Crippen LogP contribution in [0.4, 0.5) is 0 Å². The SMILES string of the molecule is CCOC(=O)[C@H](C)N[C@@H](Cc1ccc(-c2cccc(Cl)c2)cc1)C(=O)O.Cl. The summed E-state index contributed by atoms with van der Waals surface area (Å²) < 4.78 is 4.90. The lowest BCUT2D eigenvalue weighted by Crippen LogP contribution is -2.47. The number of carbonyl (C=O) groups excluding carboxylic acids is 1. The summed E-state index contributed by atoms with van der Waals surface area (Å²) in [5.41, 5.74) is 2.84. The number of carbonyl (C=O) groups is 2. The Morgan fingerprint density at radius 2 is 1.81 bits per heavy atom. The zero-order valence-corrected chi connectivity index (χ0v) is 16.7. The topological polar surface area (TPSA) is 75.6 Å². The van der Waals surface area contributed by atoms with Gasteiger partial charge in [-0.1, -0.05) is 48.0 Å². The van der Waals surface area contributed by atoms with Crippen LogP contribution in [0.25, 0.3) is 11.1 Å². The standard InChI is InChI=1S/C20H22ClNO4.ClH/c1-3-26-20(25)13(2)22-18(19(23)24)11-14-7-9-15(10-8-14)16-5-4-6-17(21)12-16;/h4-10,12-13,18,22H,3,11H2,1-2H3,(H,23,24);1H/t13-,18-;/m0./s1. The quantitative estimate of drug-likeness (QED) is 0.642. The van der Waals surface area contributed by atoms with E-state index in [0.717, 1.165) is 16.7 Å². The van der Waals surface area contributed by atoms with E-state index in [9.17, 15) is 14.7 Å². The molecule has 0 heterocycles. The molecule has 146 valence electrons. The summed E-state index contributed by atoms with van der Waals surface area (Å²) in [5, 5.41) is 12.9. The molecule has 2 aromatic carbocycles. The van der Waals surface area contributed by atoms with Crippen molar-refractivity contribution in [1.82, 2.24) is 5.32 Å². The number of ether oxygens (including phenoxy) is 1. The molecule has 0 bridgehead atoms. The summed E-state index contributed by atoms with van der Waals surface area (Å²) in [4.78, 5) is 23.2. The number of benzene rings is 2. The maximum atomic E-state index is 11.7. The van der Waals surface area contributed by atoms with Gasteiger partial charge >= 0.3 is 11.9 Å². The lowest BCUT2D eigenvalue weighted by Gasteiger charge is -2.19. The molecule has 0 saturated carbocycles.